The van der Waals surface area contributed by atoms with Crippen LogP contribution in [0, 0.1) is 5.92 Å². The molecule has 2 saturated heterocycles. The minimum Gasteiger partial charge on any atom is -0.379 e. The normalized spacial score (nSPS) is 19.4. The molecular formula is C22H33N3O4S. The summed E-state index contributed by atoms with van der Waals surface area (Å²) in [6, 6.07) is 9.25. The second-order valence-corrected chi connectivity index (χ2v) is 9.62. The Morgan fingerprint density at radius 2 is 1.80 bits per heavy atom. The molecule has 1 aromatic carbocycles. The summed E-state index contributed by atoms with van der Waals surface area (Å²) in [5.74, 6) is 0.690. The summed E-state index contributed by atoms with van der Waals surface area (Å²) < 4.78 is 32.0. The molecule has 0 unspecified atom stereocenters. The number of rotatable bonds is 9. The number of ether oxygens (including phenoxy) is 1. The molecule has 2 fully saturated rings. The third-order valence-corrected chi connectivity index (χ3v) is 6.91. The standard InChI is InChI=1S/C22H33N3O4S/c26-22(6-11-23-30(27,28)19-10-20-4-2-1-3-5-20)25-13-8-21(9-14-25)7-12-24-15-17-29-18-16-24/h1-5,10,19,21,23H,6-9,11-18H2/b19-10+. The highest BCUT2D eigenvalue weighted by atomic mass is 32.2. The van der Waals surface area contributed by atoms with Crippen LogP contribution in [0.15, 0.2) is 35.7 Å². The molecule has 2 heterocycles. The summed E-state index contributed by atoms with van der Waals surface area (Å²) in [6.07, 6.45) is 4.97. The van der Waals surface area contributed by atoms with Crippen molar-refractivity contribution >= 4 is 22.0 Å². The minimum absolute atomic E-state index is 0.0244. The van der Waals surface area contributed by atoms with Crippen molar-refractivity contribution in [3.63, 3.8) is 0 Å². The fourth-order valence-corrected chi connectivity index (χ4v) is 4.72. The van der Waals surface area contributed by atoms with Crippen LogP contribution in [0.25, 0.3) is 6.08 Å². The number of nitrogens with zero attached hydrogens (tertiary/aromatic N) is 2. The lowest BCUT2D eigenvalue weighted by Gasteiger charge is -2.34. The van der Waals surface area contributed by atoms with Crippen molar-refractivity contribution in [2.24, 2.45) is 5.92 Å². The lowest BCUT2D eigenvalue weighted by Crippen LogP contribution is -2.41. The maximum absolute atomic E-state index is 12.4. The Morgan fingerprint density at radius 3 is 2.50 bits per heavy atom. The first-order chi connectivity index (χ1) is 14.5. The first-order valence-corrected chi connectivity index (χ1v) is 12.4. The SMILES string of the molecule is O=C(CCNS(=O)(=O)/C=C/c1ccccc1)N1CCC(CCN2CCOCC2)CC1. The molecule has 0 atom stereocenters. The third kappa shape index (κ3) is 7.83. The van der Waals surface area contributed by atoms with Gasteiger partial charge in [-0.1, -0.05) is 30.3 Å². The summed E-state index contributed by atoms with van der Waals surface area (Å²) in [6.45, 7) is 6.48. The average molecular weight is 436 g/mol. The molecule has 2 aliphatic rings. The van der Waals surface area contributed by atoms with E-state index < -0.39 is 10.0 Å². The number of morpholine rings is 1. The zero-order valence-electron chi connectivity index (χ0n) is 17.5. The van der Waals surface area contributed by atoms with Crippen LogP contribution >= 0.6 is 0 Å². The molecule has 166 valence electrons. The zero-order chi connectivity index (χ0) is 21.2. The number of piperidine rings is 1. The van der Waals surface area contributed by atoms with Gasteiger partial charge in [0.15, 0.2) is 0 Å². The van der Waals surface area contributed by atoms with Gasteiger partial charge in [0.05, 0.1) is 13.2 Å². The number of amides is 1. The predicted molar refractivity (Wildman–Crippen MR) is 118 cm³/mol. The van der Waals surface area contributed by atoms with Gasteiger partial charge in [0, 0.05) is 44.6 Å². The number of nitrogens with one attached hydrogen (secondary N) is 1. The number of benzene rings is 1. The first kappa shape index (κ1) is 22.9. The average Bonchev–Trinajstić information content (AvgIpc) is 2.78. The number of hydrogen-bond acceptors (Lipinski definition) is 5. The lowest BCUT2D eigenvalue weighted by molar-refractivity contribution is -0.132. The topological polar surface area (TPSA) is 79.0 Å². The van der Waals surface area contributed by atoms with Crippen LogP contribution in [0.2, 0.25) is 0 Å². The summed E-state index contributed by atoms with van der Waals surface area (Å²) in [5.41, 5.74) is 0.815. The highest BCUT2D eigenvalue weighted by Gasteiger charge is 2.23. The van der Waals surface area contributed by atoms with Crippen molar-refractivity contribution in [3.8, 4) is 0 Å². The van der Waals surface area contributed by atoms with Crippen molar-refractivity contribution < 1.29 is 17.9 Å². The van der Waals surface area contributed by atoms with Crippen LogP contribution in [0.4, 0.5) is 0 Å². The van der Waals surface area contributed by atoms with Crippen LogP contribution in [-0.4, -0.2) is 76.6 Å². The van der Waals surface area contributed by atoms with Crippen molar-refractivity contribution in [3.05, 3.63) is 41.3 Å². The van der Waals surface area contributed by atoms with Gasteiger partial charge in [-0.25, -0.2) is 13.1 Å². The largest absolute Gasteiger partial charge is 0.379 e. The molecule has 1 aromatic rings. The van der Waals surface area contributed by atoms with Gasteiger partial charge in [-0.05, 0) is 43.4 Å². The summed E-state index contributed by atoms with van der Waals surface area (Å²) in [4.78, 5) is 16.8. The van der Waals surface area contributed by atoms with Crippen LogP contribution in [0.3, 0.4) is 0 Å². The Hall–Kier alpha value is -1.74. The van der Waals surface area contributed by atoms with Gasteiger partial charge in [0.25, 0.3) is 0 Å². The molecule has 0 aliphatic carbocycles. The molecule has 7 nitrogen and oxygen atoms in total. The number of likely N-dealkylation sites (tertiary alicyclic amines) is 1. The fraction of sp³-hybridized carbons (Fsp3) is 0.591. The molecule has 8 heteroatoms. The van der Waals surface area contributed by atoms with E-state index in [0.29, 0.717) is 5.92 Å². The van der Waals surface area contributed by atoms with Crippen molar-refractivity contribution in [2.45, 2.75) is 25.7 Å². The van der Waals surface area contributed by atoms with Crippen molar-refractivity contribution in [1.29, 1.82) is 0 Å². The van der Waals surface area contributed by atoms with E-state index >= 15 is 0 Å². The van der Waals surface area contributed by atoms with Gasteiger partial charge in [0.1, 0.15) is 0 Å². The molecule has 0 saturated carbocycles. The number of carbonyl (C=O) groups excluding carboxylic acids is 1. The Balaban J connectivity index is 1.32. The van der Waals surface area contributed by atoms with Crippen LogP contribution < -0.4 is 4.72 Å². The molecule has 30 heavy (non-hydrogen) atoms. The molecule has 0 aromatic heterocycles. The Bertz CT molecular complexity index is 784. The van der Waals surface area contributed by atoms with Gasteiger partial charge >= 0.3 is 0 Å². The molecule has 1 amide bonds. The number of sulfonamides is 1. The highest BCUT2D eigenvalue weighted by Crippen LogP contribution is 2.21. The quantitative estimate of drug-likeness (QED) is 0.641. The van der Waals surface area contributed by atoms with E-state index in [1.165, 1.54) is 6.42 Å². The van der Waals surface area contributed by atoms with Gasteiger partial charge in [-0.3, -0.25) is 9.69 Å². The molecule has 1 N–H and O–H groups in total. The van der Waals surface area contributed by atoms with Gasteiger partial charge < -0.3 is 9.64 Å². The summed E-state index contributed by atoms with van der Waals surface area (Å²) in [5, 5.41) is 1.15. The third-order valence-electron chi connectivity index (χ3n) is 5.81. The monoisotopic (exact) mass is 435 g/mol. The molecule has 0 radical (unpaired) electrons. The molecule has 3 rings (SSSR count). The summed E-state index contributed by atoms with van der Waals surface area (Å²) in [7, 11) is -3.55. The van der Waals surface area contributed by atoms with E-state index in [1.54, 1.807) is 6.08 Å². The van der Waals surface area contributed by atoms with Crippen LogP contribution in [0.1, 0.15) is 31.2 Å². The molecule has 0 bridgehead atoms. The lowest BCUT2D eigenvalue weighted by atomic mass is 9.93. The predicted octanol–water partition coefficient (Wildman–Crippen LogP) is 1.93. The van der Waals surface area contributed by atoms with E-state index in [9.17, 15) is 13.2 Å². The van der Waals surface area contributed by atoms with Gasteiger partial charge in [0.2, 0.25) is 15.9 Å². The maximum atomic E-state index is 12.4. The van der Waals surface area contributed by atoms with E-state index in [4.69, 9.17) is 4.74 Å². The second-order valence-electron chi connectivity index (χ2n) is 7.97. The van der Waals surface area contributed by atoms with E-state index in [1.807, 2.05) is 35.2 Å². The van der Waals surface area contributed by atoms with Crippen molar-refractivity contribution in [2.75, 3.05) is 52.5 Å². The van der Waals surface area contributed by atoms with Crippen molar-refractivity contribution in [1.82, 2.24) is 14.5 Å². The number of hydrogen-bond donors (Lipinski definition) is 1. The molecule has 2 aliphatic heterocycles. The van der Waals surface area contributed by atoms with Crippen LogP contribution in [-0.2, 0) is 19.6 Å². The Kier molecular flexibility index (Phi) is 8.87. The Labute approximate surface area is 180 Å². The van der Waals surface area contributed by atoms with Gasteiger partial charge in [-0.15, -0.1) is 0 Å². The minimum atomic E-state index is -3.55. The first-order valence-electron chi connectivity index (χ1n) is 10.8. The molecular weight excluding hydrogens is 402 g/mol. The smallest absolute Gasteiger partial charge is 0.233 e. The zero-order valence-corrected chi connectivity index (χ0v) is 18.4. The van der Waals surface area contributed by atoms with E-state index in [0.717, 1.165) is 69.8 Å². The fourth-order valence-electron chi connectivity index (χ4n) is 3.90. The van der Waals surface area contributed by atoms with E-state index in [2.05, 4.69) is 9.62 Å². The number of carbonyl (C=O) groups is 1. The highest BCUT2D eigenvalue weighted by molar-refractivity contribution is 7.92. The summed E-state index contributed by atoms with van der Waals surface area (Å²) >= 11 is 0. The molecule has 0 spiro atoms. The maximum Gasteiger partial charge on any atom is 0.233 e. The van der Waals surface area contributed by atoms with Gasteiger partial charge in [-0.2, -0.15) is 0 Å². The van der Waals surface area contributed by atoms with Crippen LogP contribution in [0.5, 0.6) is 0 Å². The second kappa shape index (κ2) is 11.6. The Morgan fingerprint density at radius 1 is 1.10 bits per heavy atom. The van der Waals surface area contributed by atoms with E-state index in [-0.39, 0.29) is 18.9 Å².